The van der Waals surface area contributed by atoms with E-state index in [9.17, 15) is 0 Å². The van der Waals surface area contributed by atoms with E-state index in [4.69, 9.17) is 0 Å². The molecule has 0 heterocycles. The Labute approximate surface area is 174 Å². The second-order valence-electron chi connectivity index (χ2n) is 8.55. The average Bonchev–Trinajstić information content (AvgIpc) is 2.72. The fraction of sp³-hybridized carbons (Fsp3) is 0.462. The molecule has 0 unspecified atom stereocenters. The SMILES string of the molecule is C=C(c1ccccc1)c1ccc(CC[Si](C)(C)N(CCCC)CCCC)cc1. The van der Waals surface area contributed by atoms with Crippen molar-refractivity contribution in [1.29, 1.82) is 0 Å². The van der Waals surface area contributed by atoms with Crippen LogP contribution in [0.4, 0.5) is 0 Å². The summed E-state index contributed by atoms with van der Waals surface area (Å²) < 4.78 is 2.85. The molecule has 2 aromatic rings. The highest BCUT2D eigenvalue weighted by Crippen LogP contribution is 2.24. The van der Waals surface area contributed by atoms with E-state index in [1.165, 1.54) is 67.9 Å². The molecule has 0 aliphatic rings. The van der Waals surface area contributed by atoms with Crippen LogP contribution in [0.1, 0.15) is 56.2 Å². The minimum absolute atomic E-state index is 1.10. The van der Waals surface area contributed by atoms with Gasteiger partial charge in [-0.05, 0) is 60.7 Å². The van der Waals surface area contributed by atoms with Crippen molar-refractivity contribution in [2.75, 3.05) is 13.1 Å². The van der Waals surface area contributed by atoms with Crippen molar-refractivity contribution in [2.45, 2.75) is 65.1 Å². The molecule has 0 fully saturated rings. The molecule has 2 rings (SSSR count). The molecular formula is C26H39NSi. The van der Waals surface area contributed by atoms with Gasteiger partial charge in [-0.15, -0.1) is 0 Å². The molecule has 2 aromatic carbocycles. The van der Waals surface area contributed by atoms with Crippen molar-refractivity contribution in [3.05, 3.63) is 77.9 Å². The first-order valence-electron chi connectivity index (χ1n) is 11.1. The summed E-state index contributed by atoms with van der Waals surface area (Å²) in [5.74, 6) is 0. The first-order chi connectivity index (χ1) is 13.5. The highest BCUT2D eigenvalue weighted by atomic mass is 28.3. The van der Waals surface area contributed by atoms with Gasteiger partial charge >= 0.3 is 0 Å². The van der Waals surface area contributed by atoms with Crippen LogP contribution in [0.2, 0.25) is 19.1 Å². The zero-order valence-electron chi connectivity index (χ0n) is 18.5. The lowest BCUT2D eigenvalue weighted by Gasteiger charge is -2.37. The van der Waals surface area contributed by atoms with Crippen molar-refractivity contribution in [2.24, 2.45) is 0 Å². The Kier molecular flexibility index (Phi) is 9.20. The normalized spacial score (nSPS) is 11.8. The maximum absolute atomic E-state index is 4.29. The van der Waals surface area contributed by atoms with E-state index in [0.29, 0.717) is 0 Å². The van der Waals surface area contributed by atoms with E-state index >= 15 is 0 Å². The Balaban J connectivity index is 1.97. The highest BCUT2D eigenvalue weighted by molar-refractivity contribution is 6.74. The number of rotatable bonds is 12. The molecule has 2 heteroatoms. The fourth-order valence-electron chi connectivity index (χ4n) is 3.70. The lowest BCUT2D eigenvalue weighted by atomic mass is 9.98. The van der Waals surface area contributed by atoms with Crippen LogP contribution in [-0.4, -0.2) is 25.9 Å². The average molecular weight is 394 g/mol. The molecule has 0 aromatic heterocycles. The first-order valence-corrected chi connectivity index (χ1v) is 14.2. The van der Waals surface area contributed by atoms with Gasteiger partial charge in [0, 0.05) is 0 Å². The van der Waals surface area contributed by atoms with E-state index in [0.717, 1.165) is 5.57 Å². The van der Waals surface area contributed by atoms with Gasteiger partial charge in [-0.3, -0.25) is 0 Å². The Morgan fingerprint density at radius 3 is 1.89 bits per heavy atom. The number of unbranched alkanes of at least 4 members (excludes halogenated alkanes) is 2. The van der Waals surface area contributed by atoms with Crippen molar-refractivity contribution >= 4 is 13.8 Å². The second-order valence-corrected chi connectivity index (χ2v) is 13.3. The number of nitrogens with zero attached hydrogens (tertiary/aromatic N) is 1. The summed E-state index contributed by atoms with van der Waals surface area (Å²) in [5.41, 5.74) is 4.98. The molecule has 0 amide bonds. The molecular weight excluding hydrogens is 354 g/mol. The van der Waals surface area contributed by atoms with E-state index in [1.807, 2.05) is 0 Å². The summed E-state index contributed by atoms with van der Waals surface area (Å²) in [4.78, 5) is 0. The molecule has 0 aliphatic heterocycles. The van der Waals surface area contributed by atoms with Crippen LogP contribution in [0.15, 0.2) is 61.2 Å². The van der Waals surface area contributed by atoms with Crippen LogP contribution < -0.4 is 0 Å². The van der Waals surface area contributed by atoms with Gasteiger partial charge in [-0.25, -0.2) is 0 Å². The van der Waals surface area contributed by atoms with Gasteiger partial charge in [0.15, 0.2) is 0 Å². The minimum Gasteiger partial charge on any atom is -0.324 e. The van der Waals surface area contributed by atoms with Crippen LogP contribution in [0, 0.1) is 0 Å². The van der Waals surface area contributed by atoms with Crippen LogP contribution in [0.25, 0.3) is 5.57 Å². The largest absolute Gasteiger partial charge is 0.324 e. The predicted octanol–water partition coefficient (Wildman–Crippen LogP) is 7.40. The Hall–Kier alpha value is -1.64. The topological polar surface area (TPSA) is 3.24 Å². The zero-order valence-corrected chi connectivity index (χ0v) is 19.5. The summed E-state index contributed by atoms with van der Waals surface area (Å²) >= 11 is 0. The van der Waals surface area contributed by atoms with Gasteiger partial charge in [0.1, 0.15) is 8.24 Å². The van der Waals surface area contributed by atoms with Crippen molar-refractivity contribution in [3.8, 4) is 0 Å². The van der Waals surface area contributed by atoms with Gasteiger partial charge in [0.25, 0.3) is 0 Å². The number of hydrogen-bond acceptors (Lipinski definition) is 1. The zero-order chi connectivity index (χ0) is 20.4. The van der Waals surface area contributed by atoms with Gasteiger partial charge in [-0.2, -0.15) is 0 Å². The van der Waals surface area contributed by atoms with Crippen LogP contribution in [0.5, 0.6) is 0 Å². The van der Waals surface area contributed by atoms with Gasteiger partial charge in [-0.1, -0.05) is 101 Å². The van der Waals surface area contributed by atoms with Crippen LogP contribution >= 0.6 is 0 Å². The summed E-state index contributed by atoms with van der Waals surface area (Å²) in [6.07, 6.45) is 6.43. The molecule has 0 bridgehead atoms. The van der Waals surface area contributed by atoms with Crippen LogP contribution in [-0.2, 0) is 6.42 Å². The van der Waals surface area contributed by atoms with Crippen LogP contribution in [0.3, 0.4) is 0 Å². The van der Waals surface area contributed by atoms with Gasteiger partial charge in [0.05, 0.1) is 0 Å². The molecule has 0 N–H and O–H groups in total. The third-order valence-electron chi connectivity index (χ3n) is 5.87. The predicted molar refractivity (Wildman–Crippen MR) is 128 cm³/mol. The molecule has 0 saturated carbocycles. The molecule has 0 radical (unpaired) electrons. The smallest absolute Gasteiger partial charge is 0.122 e. The van der Waals surface area contributed by atoms with E-state index < -0.39 is 8.24 Å². The molecule has 152 valence electrons. The van der Waals surface area contributed by atoms with E-state index in [2.05, 4.69) is 92.7 Å². The third-order valence-corrected chi connectivity index (χ3v) is 9.50. The Morgan fingerprint density at radius 1 is 0.821 bits per heavy atom. The molecule has 0 aliphatic carbocycles. The highest BCUT2D eigenvalue weighted by Gasteiger charge is 2.28. The minimum atomic E-state index is -1.36. The van der Waals surface area contributed by atoms with E-state index in [1.54, 1.807) is 0 Å². The molecule has 0 atom stereocenters. The lowest BCUT2D eigenvalue weighted by Crippen LogP contribution is -2.49. The summed E-state index contributed by atoms with van der Waals surface area (Å²) in [5, 5.41) is 0. The molecule has 1 nitrogen and oxygen atoms in total. The standard InChI is InChI=1S/C26H39NSi/c1-6-8-20-27(21-9-7-2)28(4,5)22-19-24-15-17-26(18-16-24)23(3)25-13-11-10-12-14-25/h10-18H,3,6-9,19-22H2,1-2,4-5H3. The fourth-order valence-corrected chi connectivity index (χ4v) is 6.45. The Morgan fingerprint density at radius 2 is 1.36 bits per heavy atom. The quantitative estimate of drug-likeness (QED) is 0.340. The van der Waals surface area contributed by atoms with Crippen molar-refractivity contribution < 1.29 is 0 Å². The maximum atomic E-state index is 4.29. The molecule has 0 saturated heterocycles. The second kappa shape index (κ2) is 11.4. The van der Waals surface area contributed by atoms with Gasteiger partial charge < -0.3 is 4.57 Å². The van der Waals surface area contributed by atoms with Crippen molar-refractivity contribution in [1.82, 2.24) is 4.57 Å². The summed E-state index contributed by atoms with van der Waals surface area (Å²) in [7, 11) is -1.36. The summed E-state index contributed by atoms with van der Waals surface area (Å²) in [6.45, 7) is 16.6. The van der Waals surface area contributed by atoms with Crippen molar-refractivity contribution in [3.63, 3.8) is 0 Å². The van der Waals surface area contributed by atoms with Gasteiger partial charge in [0.2, 0.25) is 0 Å². The number of hydrogen-bond donors (Lipinski definition) is 0. The first kappa shape index (κ1) is 22.6. The number of aryl methyl sites for hydroxylation is 1. The third kappa shape index (κ3) is 6.75. The lowest BCUT2D eigenvalue weighted by molar-refractivity contribution is 0.398. The number of benzene rings is 2. The summed E-state index contributed by atoms with van der Waals surface area (Å²) in [6, 6.07) is 20.9. The van der Waals surface area contributed by atoms with E-state index in [-0.39, 0.29) is 0 Å². The molecule has 0 spiro atoms. The maximum Gasteiger partial charge on any atom is 0.122 e. The Bertz CT molecular complexity index is 695. The monoisotopic (exact) mass is 393 g/mol. The molecule has 28 heavy (non-hydrogen) atoms.